The number of carbonyl (C=O) groups excluding carboxylic acids is 1. The van der Waals surface area contributed by atoms with Gasteiger partial charge in [-0.3, -0.25) is 14.1 Å². The Morgan fingerprint density at radius 2 is 1.68 bits per heavy atom. The number of benzene rings is 2. The second kappa shape index (κ2) is 8.48. The van der Waals surface area contributed by atoms with Gasteiger partial charge in [-0.15, -0.1) is 0 Å². The van der Waals surface area contributed by atoms with Gasteiger partial charge in [-0.1, -0.05) is 42.5 Å². The maximum absolute atomic E-state index is 12.2. The molecule has 0 spiro atoms. The fraction of sp³-hybridized carbons (Fsp3) is 0.350. The molecule has 3 rings (SSSR count). The molecule has 2 aromatic rings. The predicted octanol–water partition coefficient (Wildman–Crippen LogP) is 3.30. The van der Waals surface area contributed by atoms with Crippen LogP contribution < -0.4 is 5.32 Å². The third-order valence-corrected chi connectivity index (χ3v) is 5.00. The highest BCUT2D eigenvalue weighted by Gasteiger charge is 2.24. The molecular formula is C20H24ClN3O. The van der Waals surface area contributed by atoms with E-state index in [0.717, 1.165) is 26.2 Å². The van der Waals surface area contributed by atoms with Gasteiger partial charge in [0.2, 0.25) is 0 Å². The van der Waals surface area contributed by atoms with Gasteiger partial charge in [-0.05, 0) is 30.2 Å². The van der Waals surface area contributed by atoms with Gasteiger partial charge in [-0.2, -0.15) is 0 Å². The summed E-state index contributed by atoms with van der Waals surface area (Å²) in [5.41, 5.74) is 3.09. The molecule has 1 aliphatic heterocycles. The SMILES string of the molecule is CCN(Cl)C(=O)c1ccc(C(c2ccccc2)N2CCNCC2)cc1. The molecule has 4 nitrogen and oxygen atoms in total. The second-order valence-corrected chi connectivity index (χ2v) is 6.61. The molecule has 0 radical (unpaired) electrons. The summed E-state index contributed by atoms with van der Waals surface area (Å²) in [6.07, 6.45) is 0. The first-order chi connectivity index (χ1) is 12.2. The topological polar surface area (TPSA) is 35.6 Å². The van der Waals surface area contributed by atoms with Crippen molar-refractivity contribution in [3.8, 4) is 0 Å². The van der Waals surface area contributed by atoms with Crippen molar-refractivity contribution >= 4 is 17.7 Å². The molecule has 25 heavy (non-hydrogen) atoms. The van der Waals surface area contributed by atoms with Crippen LogP contribution in [0.2, 0.25) is 0 Å². The Bertz CT molecular complexity index is 684. The van der Waals surface area contributed by atoms with Crippen LogP contribution in [0, 0.1) is 0 Å². The number of nitrogens with zero attached hydrogens (tertiary/aromatic N) is 2. The summed E-state index contributed by atoms with van der Waals surface area (Å²) < 4.78 is 1.21. The average Bonchev–Trinajstić information content (AvgIpc) is 2.69. The zero-order valence-corrected chi connectivity index (χ0v) is 15.2. The van der Waals surface area contributed by atoms with Crippen molar-refractivity contribution in [1.29, 1.82) is 0 Å². The van der Waals surface area contributed by atoms with Crippen molar-refractivity contribution < 1.29 is 4.79 Å². The predicted molar refractivity (Wildman–Crippen MR) is 102 cm³/mol. The molecule has 1 N–H and O–H groups in total. The highest BCUT2D eigenvalue weighted by atomic mass is 35.5. The van der Waals surface area contributed by atoms with Crippen molar-refractivity contribution in [2.75, 3.05) is 32.7 Å². The van der Waals surface area contributed by atoms with Crippen LogP contribution in [-0.4, -0.2) is 47.9 Å². The number of carbonyl (C=O) groups is 1. The second-order valence-electron chi connectivity index (χ2n) is 6.20. The lowest BCUT2D eigenvalue weighted by molar-refractivity contribution is 0.0868. The molecule has 132 valence electrons. The number of piperazine rings is 1. The van der Waals surface area contributed by atoms with E-state index in [1.165, 1.54) is 15.5 Å². The Morgan fingerprint density at radius 3 is 2.28 bits per heavy atom. The first-order valence-electron chi connectivity index (χ1n) is 8.78. The monoisotopic (exact) mass is 357 g/mol. The summed E-state index contributed by atoms with van der Waals surface area (Å²) in [7, 11) is 0. The molecule has 1 unspecified atom stereocenters. The molecule has 1 fully saturated rings. The van der Waals surface area contributed by atoms with Gasteiger partial charge in [0.25, 0.3) is 5.91 Å². The highest BCUT2D eigenvalue weighted by Crippen LogP contribution is 2.29. The molecule has 0 bridgehead atoms. The number of amides is 1. The third-order valence-electron chi connectivity index (χ3n) is 4.60. The molecule has 1 saturated heterocycles. The van der Waals surface area contributed by atoms with Gasteiger partial charge in [-0.25, -0.2) is 0 Å². The average molecular weight is 358 g/mol. The van der Waals surface area contributed by atoms with Crippen LogP contribution in [0.5, 0.6) is 0 Å². The van der Waals surface area contributed by atoms with E-state index in [0.29, 0.717) is 12.1 Å². The summed E-state index contributed by atoms with van der Waals surface area (Å²) in [6.45, 7) is 6.34. The Labute approximate surface area is 154 Å². The largest absolute Gasteiger partial charge is 0.314 e. The van der Waals surface area contributed by atoms with Gasteiger partial charge in [0.1, 0.15) is 0 Å². The number of nitrogens with one attached hydrogen (secondary N) is 1. The van der Waals surface area contributed by atoms with Crippen LogP contribution in [0.15, 0.2) is 54.6 Å². The first kappa shape index (κ1) is 17.9. The minimum absolute atomic E-state index is 0.158. The quantitative estimate of drug-likeness (QED) is 0.834. The molecule has 1 atom stereocenters. The minimum atomic E-state index is -0.158. The Balaban J connectivity index is 1.89. The van der Waals surface area contributed by atoms with E-state index >= 15 is 0 Å². The lowest BCUT2D eigenvalue weighted by atomic mass is 9.95. The van der Waals surface area contributed by atoms with Gasteiger partial charge in [0.05, 0.1) is 6.04 Å². The van der Waals surface area contributed by atoms with E-state index < -0.39 is 0 Å². The van der Waals surface area contributed by atoms with E-state index in [4.69, 9.17) is 11.8 Å². The highest BCUT2D eigenvalue weighted by molar-refractivity contribution is 6.24. The summed E-state index contributed by atoms with van der Waals surface area (Å²) in [5.74, 6) is -0.158. The number of rotatable bonds is 5. The van der Waals surface area contributed by atoms with E-state index in [2.05, 4.69) is 34.5 Å². The lowest BCUT2D eigenvalue weighted by Gasteiger charge is -2.35. The molecule has 0 aliphatic carbocycles. The zero-order chi connectivity index (χ0) is 17.6. The van der Waals surface area contributed by atoms with Crippen LogP contribution in [0.1, 0.15) is 34.5 Å². The van der Waals surface area contributed by atoms with Crippen LogP contribution in [0.25, 0.3) is 0 Å². The molecule has 2 aromatic carbocycles. The van der Waals surface area contributed by atoms with E-state index in [1.807, 2.05) is 37.3 Å². The smallest absolute Gasteiger partial charge is 0.268 e. The zero-order valence-electron chi connectivity index (χ0n) is 14.5. The minimum Gasteiger partial charge on any atom is -0.314 e. The van der Waals surface area contributed by atoms with E-state index in [9.17, 15) is 4.79 Å². The normalized spacial score (nSPS) is 16.4. The fourth-order valence-electron chi connectivity index (χ4n) is 3.28. The van der Waals surface area contributed by atoms with Crippen molar-refractivity contribution in [3.63, 3.8) is 0 Å². The van der Waals surface area contributed by atoms with Crippen molar-refractivity contribution in [2.45, 2.75) is 13.0 Å². The first-order valence-corrected chi connectivity index (χ1v) is 9.12. The standard InChI is InChI=1S/C20H24ClN3O/c1-2-24(21)20(25)18-10-8-17(9-11-18)19(16-6-4-3-5-7-16)23-14-12-22-13-15-23/h3-11,19,22H,2,12-15H2,1H3. The maximum atomic E-state index is 12.2. The maximum Gasteiger partial charge on any atom is 0.268 e. The van der Waals surface area contributed by atoms with Crippen molar-refractivity contribution in [1.82, 2.24) is 14.6 Å². The van der Waals surface area contributed by atoms with Gasteiger partial charge < -0.3 is 5.32 Å². The van der Waals surface area contributed by atoms with Gasteiger partial charge >= 0.3 is 0 Å². The van der Waals surface area contributed by atoms with Crippen LogP contribution in [0.3, 0.4) is 0 Å². The molecule has 0 saturated carbocycles. The number of hydrogen-bond acceptors (Lipinski definition) is 3. The van der Waals surface area contributed by atoms with Crippen molar-refractivity contribution in [3.05, 3.63) is 71.3 Å². The van der Waals surface area contributed by atoms with Crippen LogP contribution in [0.4, 0.5) is 0 Å². The van der Waals surface area contributed by atoms with Gasteiger partial charge in [0.15, 0.2) is 0 Å². The summed E-state index contributed by atoms with van der Waals surface area (Å²) in [4.78, 5) is 14.7. The van der Waals surface area contributed by atoms with Gasteiger partial charge in [0, 0.05) is 50.1 Å². The molecule has 1 aliphatic rings. The summed E-state index contributed by atoms with van der Waals surface area (Å²) in [5, 5.41) is 3.41. The Hall–Kier alpha value is -1.88. The fourth-order valence-corrected chi connectivity index (χ4v) is 3.38. The van der Waals surface area contributed by atoms with E-state index in [1.54, 1.807) is 0 Å². The number of hydrogen-bond donors (Lipinski definition) is 1. The van der Waals surface area contributed by atoms with Crippen LogP contribution >= 0.6 is 11.8 Å². The molecular weight excluding hydrogens is 334 g/mol. The summed E-state index contributed by atoms with van der Waals surface area (Å²) >= 11 is 5.94. The molecule has 1 amide bonds. The number of halogens is 1. The summed E-state index contributed by atoms with van der Waals surface area (Å²) in [6, 6.07) is 18.6. The molecule has 0 aromatic heterocycles. The molecule has 1 heterocycles. The van der Waals surface area contributed by atoms with Crippen LogP contribution in [-0.2, 0) is 0 Å². The van der Waals surface area contributed by atoms with E-state index in [-0.39, 0.29) is 11.9 Å². The van der Waals surface area contributed by atoms with Crippen molar-refractivity contribution in [2.24, 2.45) is 0 Å². The Kier molecular flexibility index (Phi) is 6.08. The molecule has 5 heteroatoms. The Morgan fingerprint density at radius 1 is 1.08 bits per heavy atom. The third kappa shape index (κ3) is 4.21. The lowest BCUT2D eigenvalue weighted by Crippen LogP contribution is -2.45.